The summed E-state index contributed by atoms with van der Waals surface area (Å²) in [6, 6.07) is 8.63. The largest absolute Gasteiger partial charge is 0.480 e. The molecule has 6 N–H and O–H groups in total. The van der Waals surface area contributed by atoms with Crippen molar-refractivity contribution in [3.63, 3.8) is 0 Å². The van der Waals surface area contributed by atoms with Gasteiger partial charge >= 0.3 is 11.9 Å². The molecule has 0 amide bonds. The van der Waals surface area contributed by atoms with Gasteiger partial charge in [-0.05, 0) is 36.9 Å². The lowest BCUT2D eigenvalue weighted by atomic mass is 10.1. The summed E-state index contributed by atoms with van der Waals surface area (Å²) in [6.45, 7) is 0.604. The second-order valence-corrected chi connectivity index (χ2v) is 5.77. The minimum absolute atomic E-state index is 0.399. The van der Waals surface area contributed by atoms with Crippen LogP contribution in [-0.4, -0.2) is 34.7 Å². The average Bonchev–Trinajstić information content (AvgIpc) is 2.92. The zero-order valence-electron chi connectivity index (χ0n) is 12.1. The lowest BCUT2D eigenvalue weighted by Gasteiger charge is -2.03. The van der Waals surface area contributed by atoms with E-state index >= 15 is 0 Å². The normalized spacial score (nSPS) is 11.5. The summed E-state index contributed by atoms with van der Waals surface area (Å²) in [5, 5.41) is 18.0. The van der Waals surface area contributed by atoms with Crippen LogP contribution < -0.4 is 11.5 Å². The summed E-state index contributed by atoms with van der Waals surface area (Å²) in [5.74, 6) is -1.78. The molecule has 1 aromatic heterocycles. The minimum Gasteiger partial charge on any atom is -0.480 e. The zero-order valence-corrected chi connectivity index (χ0v) is 12.9. The van der Waals surface area contributed by atoms with E-state index in [9.17, 15) is 9.59 Å². The fourth-order valence-corrected chi connectivity index (χ4v) is 2.62. The molecular formula is C15H20N2O4S. The van der Waals surface area contributed by atoms with Crippen LogP contribution in [0.1, 0.15) is 28.9 Å². The van der Waals surface area contributed by atoms with Crippen molar-refractivity contribution in [2.24, 2.45) is 11.5 Å². The van der Waals surface area contributed by atoms with Gasteiger partial charge in [0.2, 0.25) is 0 Å². The van der Waals surface area contributed by atoms with Crippen LogP contribution in [0.25, 0.3) is 10.1 Å². The summed E-state index contributed by atoms with van der Waals surface area (Å²) >= 11 is 1.31. The summed E-state index contributed by atoms with van der Waals surface area (Å²) in [5.41, 5.74) is 10.4. The van der Waals surface area contributed by atoms with Crippen molar-refractivity contribution in [3.05, 3.63) is 35.2 Å². The number of unbranched alkanes of at least 4 members (excludes halogenated alkanes) is 1. The van der Waals surface area contributed by atoms with Gasteiger partial charge in [-0.1, -0.05) is 24.6 Å². The van der Waals surface area contributed by atoms with Gasteiger partial charge in [0, 0.05) is 4.70 Å². The summed E-state index contributed by atoms with van der Waals surface area (Å²) in [7, 11) is 0. The Morgan fingerprint density at radius 3 is 2.41 bits per heavy atom. The maximum atomic E-state index is 10.6. The van der Waals surface area contributed by atoms with E-state index in [4.69, 9.17) is 21.7 Å². The Hall–Kier alpha value is -1.96. The van der Waals surface area contributed by atoms with Gasteiger partial charge in [-0.3, -0.25) is 4.79 Å². The molecular weight excluding hydrogens is 304 g/mol. The molecule has 1 atom stereocenters. The number of carboxylic acid groups (broad SMARTS) is 2. The highest BCUT2D eigenvalue weighted by Crippen LogP contribution is 2.24. The molecule has 0 unspecified atom stereocenters. The Labute approximate surface area is 132 Å². The van der Waals surface area contributed by atoms with Gasteiger partial charge in [0.05, 0.1) is 0 Å². The second-order valence-electron chi connectivity index (χ2n) is 4.68. The van der Waals surface area contributed by atoms with Gasteiger partial charge in [-0.15, -0.1) is 11.3 Å². The van der Waals surface area contributed by atoms with Crippen molar-refractivity contribution in [2.45, 2.75) is 25.3 Å². The van der Waals surface area contributed by atoms with Gasteiger partial charge in [0.15, 0.2) is 0 Å². The fourth-order valence-electron chi connectivity index (χ4n) is 1.72. The van der Waals surface area contributed by atoms with E-state index in [2.05, 4.69) is 0 Å². The van der Waals surface area contributed by atoms with Crippen LogP contribution in [0.15, 0.2) is 30.3 Å². The van der Waals surface area contributed by atoms with Crippen LogP contribution in [0, 0.1) is 0 Å². The quantitative estimate of drug-likeness (QED) is 0.603. The standard InChI is InChI=1S/C9H6O2S.C6H14N2O2/c10-9(11)8-5-6-3-1-2-4-7(6)12-8;7-4-2-1-3-5(8)6(9)10/h1-5H,(H,10,11);5H,1-4,7-8H2,(H,9,10)/t;5-/m.0/s1. The molecule has 0 bridgehead atoms. The first kappa shape index (κ1) is 18.1. The van der Waals surface area contributed by atoms with E-state index in [-0.39, 0.29) is 0 Å². The predicted molar refractivity (Wildman–Crippen MR) is 87.3 cm³/mol. The number of hydrogen-bond donors (Lipinski definition) is 4. The molecule has 1 aromatic carbocycles. The predicted octanol–water partition coefficient (Wildman–Crippen LogP) is 2.13. The first-order chi connectivity index (χ1) is 10.5. The minimum atomic E-state index is -0.933. The van der Waals surface area contributed by atoms with E-state index in [0.29, 0.717) is 17.8 Å². The van der Waals surface area contributed by atoms with E-state index in [1.54, 1.807) is 6.07 Å². The molecule has 0 aliphatic carbocycles. The summed E-state index contributed by atoms with van der Waals surface area (Å²) in [4.78, 5) is 21.1. The number of carboxylic acids is 2. The van der Waals surface area contributed by atoms with Crippen LogP contribution in [0.5, 0.6) is 0 Å². The number of fused-ring (bicyclic) bond motifs is 1. The van der Waals surface area contributed by atoms with Gasteiger partial charge < -0.3 is 21.7 Å². The van der Waals surface area contributed by atoms with Gasteiger partial charge in [-0.25, -0.2) is 4.79 Å². The number of hydrogen-bond acceptors (Lipinski definition) is 5. The highest BCUT2D eigenvalue weighted by molar-refractivity contribution is 7.20. The third-order valence-corrected chi connectivity index (χ3v) is 4.03. The molecule has 7 heteroatoms. The molecule has 2 aromatic rings. The number of thiophene rings is 1. The van der Waals surface area contributed by atoms with Crippen LogP contribution in [0.4, 0.5) is 0 Å². The van der Waals surface area contributed by atoms with E-state index < -0.39 is 18.0 Å². The molecule has 0 radical (unpaired) electrons. The van der Waals surface area contributed by atoms with Crippen molar-refractivity contribution in [1.82, 2.24) is 0 Å². The average molecular weight is 324 g/mol. The smallest absolute Gasteiger partial charge is 0.345 e. The molecule has 22 heavy (non-hydrogen) atoms. The molecule has 0 aliphatic rings. The summed E-state index contributed by atoms with van der Waals surface area (Å²) < 4.78 is 1.02. The van der Waals surface area contributed by atoms with Crippen LogP contribution in [0.2, 0.25) is 0 Å². The van der Waals surface area contributed by atoms with Gasteiger partial charge in [0.1, 0.15) is 10.9 Å². The van der Waals surface area contributed by atoms with E-state index in [0.717, 1.165) is 22.9 Å². The summed E-state index contributed by atoms with van der Waals surface area (Å²) in [6.07, 6.45) is 2.16. The Bertz CT molecular complexity index is 594. The SMILES string of the molecule is NCCCC[C@H](N)C(=O)O.O=C(O)c1cc2ccccc2s1. The molecule has 0 saturated heterocycles. The highest BCUT2D eigenvalue weighted by Gasteiger charge is 2.09. The second kappa shape index (κ2) is 9.14. The van der Waals surface area contributed by atoms with Gasteiger partial charge in [-0.2, -0.15) is 0 Å². The van der Waals surface area contributed by atoms with Gasteiger partial charge in [0.25, 0.3) is 0 Å². The van der Waals surface area contributed by atoms with Crippen molar-refractivity contribution in [2.75, 3.05) is 6.54 Å². The molecule has 0 fully saturated rings. The van der Waals surface area contributed by atoms with Crippen molar-refractivity contribution < 1.29 is 19.8 Å². The molecule has 0 saturated carbocycles. The number of rotatable bonds is 6. The monoisotopic (exact) mass is 324 g/mol. The third kappa shape index (κ3) is 5.80. The van der Waals surface area contributed by atoms with Crippen LogP contribution in [-0.2, 0) is 4.79 Å². The topological polar surface area (TPSA) is 127 Å². The maximum Gasteiger partial charge on any atom is 0.345 e. The van der Waals surface area contributed by atoms with E-state index in [1.807, 2.05) is 24.3 Å². The number of carbonyl (C=O) groups is 2. The van der Waals surface area contributed by atoms with Crippen molar-refractivity contribution in [3.8, 4) is 0 Å². The van der Waals surface area contributed by atoms with E-state index in [1.165, 1.54) is 11.3 Å². The van der Waals surface area contributed by atoms with Crippen molar-refractivity contribution >= 4 is 33.4 Å². The number of aliphatic carboxylic acids is 1. The highest BCUT2D eigenvalue weighted by atomic mass is 32.1. The third-order valence-electron chi connectivity index (χ3n) is 2.92. The molecule has 1 heterocycles. The number of aromatic carboxylic acids is 1. The first-order valence-corrected chi connectivity index (χ1v) is 7.67. The number of nitrogens with two attached hydrogens (primary N) is 2. The Morgan fingerprint density at radius 1 is 1.18 bits per heavy atom. The molecule has 2 rings (SSSR count). The Balaban J connectivity index is 0.000000225. The lowest BCUT2D eigenvalue weighted by molar-refractivity contribution is -0.138. The fraction of sp³-hybridized carbons (Fsp3) is 0.333. The Kier molecular flexibility index (Phi) is 7.51. The lowest BCUT2D eigenvalue weighted by Crippen LogP contribution is -2.29. The zero-order chi connectivity index (χ0) is 16.5. The van der Waals surface area contributed by atoms with Crippen LogP contribution >= 0.6 is 11.3 Å². The first-order valence-electron chi connectivity index (χ1n) is 6.86. The van der Waals surface area contributed by atoms with Crippen molar-refractivity contribution in [1.29, 1.82) is 0 Å². The number of benzene rings is 1. The maximum absolute atomic E-state index is 10.6. The molecule has 120 valence electrons. The molecule has 0 spiro atoms. The molecule has 0 aliphatic heterocycles. The molecule has 6 nitrogen and oxygen atoms in total. The van der Waals surface area contributed by atoms with Crippen LogP contribution in [0.3, 0.4) is 0 Å². The Morgan fingerprint density at radius 2 is 1.86 bits per heavy atom.